The summed E-state index contributed by atoms with van der Waals surface area (Å²) in [5.41, 5.74) is 14.6. The topological polar surface area (TPSA) is 86.2 Å². The minimum absolute atomic E-state index is 0.213. The Morgan fingerprint density at radius 2 is 1.37 bits per heavy atom. The van der Waals surface area contributed by atoms with Crippen molar-refractivity contribution in [1.29, 1.82) is 0 Å². The molecule has 0 heterocycles. The van der Waals surface area contributed by atoms with Gasteiger partial charge in [-0.25, -0.2) is 0 Å². The van der Waals surface area contributed by atoms with Gasteiger partial charge in [0.15, 0.2) is 11.6 Å². The van der Waals surface area contributed by atoms with Gasteiger partial charge in [-0.05, 0) is 18.1 Å². The summed E-state index contributed by atoms with van der Waals surface area (Å²) in [6, 6.07) is 23.2. The van der Waals surface area contributed by atoms with E-state index in [1.807, 2.05) is 24.3 Å². The summed E-state index contributed by atoms with van der Waals surface area (Å²) in [6.45, 7) is 0. The van der Waals surface area contributed by atoms with E-state index in [-0.39, 0.29) is 11.6 Å². The van der Waals surface area contributed by atoms with Crippen LogP contribution in [0.1, 0.15) is 43.8 Å². The second-order valence-corrected chi connectivity index (χ2v) is 7.40. The Morgan fingerprint density at radius 1 is 0.767 bits per heavy atom. The highest BCUT2D eigenvalue weighted by molar-refractivity contribution is 6.20. The first kappa shape index (κ1) is 19.6. The SMILES string of the molecule is NC1=CCC(N)(c2cccc(C(=O)c3ccccc3)c2C(=O)c2ccccc2)C=C1. The van der Waals surface area contributed by atoms with Crippen LogP contribution in [0, 0.1) is 0 Å². The van der Waals surface area contributed by atoms with Crippen LogP contribution in [-0.4, -0.2) is 11.6 Å². The number of ketones is 2. The first-order chi connectivity index (χ1) is 14.5. The Kier molecular flexibility index (Phi) is 5.17. The molecule has 4 rings (SSSR count). The monoisotopic (exact) mass is 394 g/mol. The van der Waals surface area contributed by atoms with E-state index in [2.05, 4.69) is 0 Å². The molecule has 1 atom stereocenters. The van der Waals surface area contributed by atoms with Crippen molar-refractivity contribution in [3.63, 3.8) is 0 Å². The van der Waals surface area contributed by atoms with Crippen LogP contribution in [0.3, 0.4) is 0 Å². The molecule has 4 N–H and O–H groups in total. The summed E-state index contributed by atoms with van der Waals surface area (Å²) in [7, 11) is 0. The molecule has 1 unspecified atom stereocenters. The van der Waals surface area contributed by atoms with Gasteiger partial charge in [0, 0.05) is 28.0 Å². The fraction of sp³-hybridized carbons (Fsp3) is 0.0769. The molecule has 0 radical (unpaired) electrons. The van der Waals surface area contributed by atoms with Gasteiger partial charge >= 0.3 is 0 Å². The van der Waals surface area contributed by atoms with Crippen LogP contribution in [0.5, 0.6) is 0 Å². The maximum atomic E-state index is 13.6. The number of nitrogens with two attached hydrogens (primary N) is 2. The van der Waals surface area contributed by atoms with Crippen molar-refractivity contribution in [2.24, 2.45) is 11.5 Å². The molecule has 0 bridgehead atoms. The molecule has 0 fully saturated rings. The van der Waals surface area contributed by atoms with E-state index in [0.29, 0.717) is 39.9 Å². The van der Waals surface area contributed by atoms with Crippen molar-refractivity contribution in [3.05, 3.63) is 131 Å². The lowest BCUT2D eigenvalue weighted by atomic mass is 9.78. The molecule has 1 aliphatic carbocycles. The lowest BCUT2D eigenvalue weighted by Crippen LogP contribution is -2.38. The molecule has 0 saturated carbocycles. The summed E-state index contributed by atoms with van der Waals surface area (Å²) in [6.07, 6.45) is 5.82. The highest BCUT2D eigenvalue weighted by atomic mass is 16.1. The normalized spacial score (nSPS) is 18.0. The molecule has 0 aromatic heterocycles. The average Bonchev–Trinajstić information content (AvgIpc) is 2.81. The number of carbonyl (C=O) groups excluding carboxylic acids is 2. The third kappa shape index (κ3) is 3.61. The molecule has 1 aliphatic rings. The Labute approximate surface area is 175 Å². The van der Waals surface area contributed by atoms with Gasteiger partial charge in [-0.3, -0.25) is 9.59 Å². The van der Waals surface area contributed by atoms with Crippen LogP contribution in [-0.2, 0) is 5.54 Å². The highest BCUT2D eigenvalue weighted by Crippen LogP contribution is 2.34. The van der Waals surface area contributed by atoms with E-state index >= 15 is 0 Å². The summed E-state index contributed by atoms with van der Waals surface area (Å²) in [5.74, 6) is -0.443. The third-order valence-corrected chi connectivity index (χ3v) is 5.36. The number of carbonyl (C=O) groups is 2. The Balaban J connectivity index is 1.92. The van der Waals surface area contributed by atoms with Gasteiger partial charge in [0.05, 0.1) is 5.54 Å². The molecule has 4 nitrogen and oxygen atoms in total. The zero-order valence-electron chi connectivity index (χ0n) is 16.4. The molecule has 3 aromatic carbocycles. The van der Waals surface area contributed by atoms with Gasteiger partial charge in [0.25, 0.3) is 0 Å². The average molecular weight is 394 g/mol. The summed E-state index contributed by atoms with van der Waals surface area (Å²) < 4.78 is 0. The Bertz CT molecular complexity index is 1160. The second-order valence-electron chi connectivity index (χ2n) is 7.40. The number of hydrogen-bond acceptors (Lipinski definition) is 4. The first-order valence-electron chi connectivity index (χ1n) is 9.76. The summed E-state index contributed by atoms with van der Waals surface area (Å²) >= 11 is 0. The van der Waals surface area contributed by atoms with Crippen molar-refractivity contribution < 1.29 is 9.59 Å². The fourth-order valence-electron chi connectivity index (χ4n) is 3.72. The third-order valence-electron chi connectivity index (χ3n) is 5.36. The van der Waals surface area contributed by atoms with Gasteiger partial charge in [0.1, 0.15) is 0 Å². The lowest BCUT2D eigenvalue weighted by Gasteiger charge is -2.30. The van der Waals surface area contributed by atoms with Crippen LogP contribution in [0.15, 0.2) is 103 Å². The smallest absolute Gasteiger partial charge is 0.194 e. The van der Waals surface area contributed by atoms with Crippen molar-refractivity contribution in [2.75, 3.05) is 0 Å². The molecule has 0 spiro atoms. The minimum Gasteiger partial charge on any atom is -0.399 e. The summed E-state index contributed by atoms with van der Waals surface area (Å²) in [5, 5.41) is 0. The Morgan fingerprint density at radius 3 is 1.93 bits per heavy atom. The Hall–Kier alpha value is -3.76. The fourth-order valence-corrected chi connectivity index (χ4v) is 3.72. The van der Waals surface area contributed by atoms with Crippen molar-refractivity contribution in [2.45, 2.75) is 12.0 Å². The molecule has 0 aliphatic heterocycles. The van der Waals surface area contributed by atoms with Crippen LogP contribution in [0.4, 0.5) is 0 Å². The predicted molar refractivity (Wildman–Crippen MR) is 118 cm³/mol. The number of allylic oxidation sites excluding steroid dienone is 1. The second kappa shape index (κ2) is 7.93. The minimum atomic E-state index is -0.935. The highest BCUT2D eigenvalue weighted by Gasteiger charge is 2.33. The van der Waals surface area contributed by atoms with E-state index in [0.717, 1.165) is 0 Å². The zero-order chi connectivity index (χ0) is 21.1. The van der Waals surface area contributed by atoms with E-state index in [1.54, 1.807) is 72.8 Å². The van der Waals surface area contributed by atoms with E-state index in [1.165, 1.54) is 0 Å². The zero-order valence-corrected chi connectivity index (χ0v) is 16.4. The number of benzene rings is 3. The van der Waals surface area contributed by atoms with E-state index < -0.39 is 5.54 Å². The maximum Gasteiger partial charge on any atom is 0.194 e. The number of hydrogen-bond donors (Lipinski definition) is 2. The van der Waals surface area contributed by atoms with Crippen molar-refractivity contribution >= 4 is 11.6 Å². The molecule has 0 saturated heterocycles. The largest absolute Gasteiger partial charge is 0.399 e. The van der Waals surface area contributed by atoms with Crippen molar-refractivity contribution in [3.8, 4) is 0 Å². The van der Waals surface area contributed by atoms with Gasteiger partial charge in [-0.2, -0.15) is 0 Å². The van der Waals surface area contributed by atoms with Crippen LogP contribution in [0.25, 0.3) is 0 Å². The van der Waals surface area contributed by atoms with Gasteiger partial charge in [-0.15, -0.1) is 0 Å². The van der Waals surface area contributed by atoms with E-state index in [9.17, 15) is 9.59 Å². The lowest BCUT2D eigenvalue weighted by molar-refractivity contribution is 0.100. The number of rotatable bonds is 5. The van der Waals surface area contributed by atoms with Crippen LogP contribution < -0.4 is 11.5 Å². The summed E-state index contributed by atoms with van der Waals surface area (Å²) in [4.78, 5) is 27.0. The van der Waals surface area contributed by atoms with E-state index in [4.69, 9.17) is 11.5 Å². The first-order valence-corrected chi connectivity index (χ1v) is 9.76. The standard InChI is InChI=1S/C26H22N2O2/c27-20-14-16-26(28,17-15-20)22-13-7-12-21(24(29)18-8-3-1-4-9-18)23(22)25(30)19-10-5-2-6-11-19/h1-16H,17,27-28H2. The maximum absolute atomic E-state index is 13.6. The van der Waals surface area contributed by atoms with Crippen LogP contribution in [0.2, 0.25) is 0 Å². The quantitative estimate of drug-likeness (QED) is 0.638. The van der Waals surface area contributed by atoms with Crippen LogP contribution >= 0.6 is 0 Å². The molecule has 0 amide bonds. The molecule has 3 aromatic rings. The van der Waals surface area contributed by atoms with Gasteiger partial charge in [-0.1, -0.05) is 91.0 Å². The molecular formula is C26H22N2O2. The molecular weight excluding hydrogens is 372 g/mol. The van der Waals surface area contributed by atoms with Gasteiger partial charge in [0.2, 0.25) is 0 Å². The van der Waals surface area contributed by atoms with Gasteiger partial charge < -0.3 is 11.5 Å². The molecule has 30 heavy (non-hydrogen) atoms. The molecule has 4 heteroatoms. The predicted octanol–water partition coefficient (Wildman–Crippen LogP) is 4.11. The van der Waals surface area contributed by atoms with Crippen molar-refractivity contribution in [1.82, 2.24) is 0 Å². The molecule has 148 valence electrons.